The Morgan fingerprint density at radius 3 is 2.24 bits per heavy atom. The molecule has 3 rings (SSSR count). The van der Waals surface area contributed by atoms with Crippen molar-refractivity contribution in [2.45, 2.75) is 44.6 Å². The number of esters is 1. The van der Waals surface area contributed by atoms with Gasteiger partial charge in [-0.3, -0.25) is 4.79 Å². The normalized spacial score (nSPS) is 18.1. The Kier molecular flexibility index (Phi) is 12.9. The third kappa shape index (κ3) is 7.89. The van der Waals surface area contributed by atoms with Gasteiger partial charge in [-0.15, -0.1) is 0 Å². The van der Waals surface area contributed by atoms with Crippen LogP contribution in [0.1, 0.15) is 48.4 Å². The van der Waals surface area contributed by atoms with Crippen LogP contribution in [-0.2, 0) is 22.4 Å². The molecule has 8 nitrogen and oxygen atoms in total. The van der Waals surface area contributed by atoms with Crippen molar-refractivity contribution >= 4 is 5.97 Å². The van der Waals surface area contributed by atoms with Crippen LogP contribution in [0.4, 0.5) is 0 Å². The number of ether oxygens (including phenoxy) is 5. The van der Waals surface area contributed by atoms with Gasteiger partial charge in [-0.1, -0.05) is 6.07 Å². The number of quaternary nitrogens is 1. The third-order valence-corrected chi connectivity index (χ3v) is 7.42. The van der Waals surface area contributed by atoms with Crippen molar-refractivity contribution in [3.8, 4) is 23.0 Å². The van der Waals surface area contributed by atoms with Crippen molar-refractivity contribution in [2.75, 3.05) is 61.8 Å². The molecule has 2 aromatic carbocycles. The molecule has 0 spiro atoms. The van der Waals surface area contributed by atoms with Crippen LogP contribution in [0.3, 0.4) is 0 Å². The van der Waals surface area contributed by atoms with Crippen LogP contribution in [0.2, 0.25) is 0 Å². The Morgan fingerprint density at radius 2 is 1.58 bits per heavy atom. The molecule has 2 atom stereocenters. The molecule has 1 heterocycles. The van der Waals surface area contributed by atoms with E-state index in [0.717, 1.165) is 50.0 Å². The van der Waals surface area contributed by atoms with E-state index in [1.54, 1.807) is 28.4 Å². The smallest absolute Gasteiger partial charge is 0.311 e. The van der Waals surface area contributed by atoms with E-state index in [9.17, 15) is 4.79 Å². The number of unbranched alkanes of at least 4 members (excludes halogenated alkanes) is 2. The molecule has 1 N–H and O–H groups in total. The number of aliphatic hydroxyl groups is 1. The van der Waals surface area contributed by atoms with E-state index in [1.807, 2.05) is 12.1 Å². The summed E-state index contributed by atoms with van der Waals surface area (Å²) in [5.74, 6) is 2.65. The first-order valence-electron chi connectivity index (χ1n) is 13.0. The van der Waals surface area contributed by atoms with Gasteiger partial charge in [-0.05, 0) is 54.7 Å². The second-order valence-corrected chi connectivity index (χ2v) is 9.75. The number of benzene rings is 2. The Balaban J connectivity index is 0.00000507. The summed E-state index contributed by atoms with van der Waals surface area (Å²) in [5, 5.41) is 8.91. The zero-order chi connectivity index (χ0) is 26.8. The van der Waals surface area contributed by atoms with E-state index in [4.69, 9.17) is 28.8 Å². The second-order valence-electron chi connectivity index (χ2n) is 9.75. The highest BCUT2D eigenvalue weighted by atomic mass is 127. The summed E-state index contributed by atoms with van der Waals surface area (Å²) in [6, 6.07) is 10.3. The van der Waals surface area contributed by atoms with Crippen molar-refractivity contribution in [1.82, 2.24) is 0 Å². The number of nitrogens with zero attached hydrogens (tertiary/aromatic N) is 1. The monoisotopic (exact) mass is 643 g/mol. The molecule has 2 aromatic rings. The fraction of sp³-hybridized carbons (Fsp3) is 0.552. The number of methoxy groups -OCH3 is 4. The minimum Gasteiger partial charge on any atom is -1.00 e. The quantitative estimate of drug-likeness (QED) is 0.143. The number of carbonyl (C=O) groups excluding carboxylic acids is 1. The largest absolute Gasteiger partial charge is 1.00 e. The van der Waals surface area contributed by atoms with Gasteiger partial charge in [-0.25, -0.2) is 0 Å². The molecular formula is C29H42INO7. The highest BCUT2D eigenvalue weighted by molar-refractivity contribution is 5.69. The summed E-state index contributed by atoms with van der Waals surface area (Å²) < 4.78 is 28.4. The minimum atomic E-state index is -0.175. The Labute approximate surface area is 243 Å². The molecule has 0 aromatic heterocycles. The molecule has 0 aliphatic carbocycles. The van der Waals surface area contributed by atoms with Gasteiger partial charge in [0.1, 0.15) is 6.04 Å². The number of likely N-dealkylation sites (N-methyl/N-ethyl adjacent to an activating group) is 1. The predicted octanol–water partition coefficient (Wildman–Crippen LogP) is 1.11. The molecule has 1 unspecified atom stereocenters. The van der Waals surface area contributed by atoms with Gasteiger partial charge >= 0.3 is 5.97 Å². The first-order chi connectivity index (χ1) is 17.9. The summed E-state index contributed by atoms with van der Waals surface area (Å²) in [6.07, 6.45) is 4.35. The fourth-order valence-electron chi connectivity index (χ4n) is 5.16. The number of aliphatic hydroxyl groups excluding tert-OH is 1. The second kappa shape index (κ2) is 15.4. The van der Waals surface area contributed by atoms with Crippen LogP contribution in [0.15, 0.2) is 30.3 Å². The molecule has 9 heteroatoms. The lowest BCUT2D eigenvalue weighted by Gasteiger charge is -2.46. The van der Waals surface area contributed by atoms with E-state index in [1.165, 1.54) is 11.1 Å². The molecule has 0 saturated heterocycles. The molecule has 0 radical (unpaired) electrons. The van der Waals surface area contributed by atoms with Crippen LogP contribution >= 0.6 is 0 Å². The van der Waals surface area contributed by atoms with Gasteiger partial charge in [-0.2, -0.15) is 0 Å². The van der Waals surface area contributed by atoms with Gasteiger partial charge in [0.15, 0.2) is 23.0 Å². The number of hydrogen-bond acceptors (Lipinski definition) is 7. The number of rotatable bonds is 14. The maximum absolute atomic E-state index is 12.6. The van der Waals surface area contributed by atoms with Gasteiger partial charge in [0.2, 0.25) is 0 Å². The van der Waals surface area contributed by atoms with E-state index in [0.29, 0.717) is 41.3 Å². The van der Waals surface area contributed by atoms with Crippen molar-refractivity contribution in [3.63, 3.8) is 0 Å². The number of hydrogen-bond donors (Lipinski definition) is 1. The molecule has 1 aliphatic heterocycles. The summed E-state index contributed by atoms with van der Waals surface area (Å²) >= 11 is 0. The molecule has 212 valence electrons. The van der Waals surface area contributed by atoms with Crippen LogP contribution < -0.4 is 42.9 Å². The lowest BCUT2D eigenvalue weighted by atomic mass is 9.86. The Bertz CT molecular complexity index is 1050. The van der Waals surface area contributed by atoms with E-state index in [-0.39, 0.29) is 42.6 Å². The maximum Gasteiger partial charge on any atom is 0.311 e. The van der Waals surface area contributed by atoms with E-state index >= 15 is 0 Å². The van der Waals surface area contributed by atoms with Gasteiger partial charge in [0, 0.05) is 25.0 Å². The molecule has 38 heavy (non-hydrogen) atoms. The lowest BCUT2D eigenvalue weighted by Crippen LogP contribution is -3.00. The van der Waals surface area contributed by atoms with Gasteiger partial charge < -0.3 is 57.3 Å². The van der Waals surface area contributed by atoms with Crippen LogP contribution in [0.5, 0.6) is 23.0 Å². The number of carbonyl (C=O) groups is 1. The lowest BCUT2D eigenvalue weighted by molar-refractivity contribution is -0.940. The highest BCUT2D eigenvalue weighted by Gasteiger charge is 2.40. The number of halogens is 1. The molecule has 0 amide bonds. The topological polar surface area (TPSA) is 83.5 Å². The van der Waals surface area contributed by atoms with E-state index in [2.05, 4.69) is 25.2 Å². The SMILES string of the molecule is COc1ccc(C[C@@H]2c3cc(OC)c(OC)cc3CC[N+]2(C)CCC(=O)OCCCCCO)cc1OC.[I-]. The molecular weight excluding hydrogens is 601 g/mol. The summed E-state index contributed by atoms with van der Waals surface area (Å²) in [4.78, 5) is 12.6. The maximum atomic E-state index is 12.6. The number of fused-ring (bicyclic) bond motifs is 1. The summed E-state index contributed by atoms with van der Waals surface area (Å²) in [7, 11) is 8.81. The Morgan fingerprint density at radius 1 is 0.921 bits per heavy atom. The van der Waals surface area contributed by atoms with Gasteiger partial charge in [0.25, 0.3) is 0 Å². The first-order valence-corrected chi connectivity index (χ1v) is 13.0. The standard InChI is InChI=1S/C29H42NO7.HI/c1-30(14-12-29(32)37-16-8-6-7-15-31)13-11-22-19-27(35-4)28(36-5)20-23(22)24(30)17-21-9-10-25(33-2)26(18-21)34-3;/h9-10,18-20,24,31H,6-8,11-17H2,1-5H3;1H/q+1;/p-1/t24-,30?;/m1./s1. The molecule has 1 aliphatic rings. The van der Waals surface area contributed by atoms with Crippen LogP contribution in [-0.4, -0.2) is 77.3 Å². The zero-order valence-electron chi connectivity index (χ0n) is 23.3. The summed E-state index contributed by atoms with van der Waals surface area (Å²) in [5.41, 5.74) is 3.57. The first kappa shape index (κ1) is 32.0. The van der Waals surface area contributed by atoms with Crippen molar-refractivity contribution in [1.29, 1.82) is 0 Å². The van der Waals surface area contributed by atoms with Crippen LogP contribution in [0.25, 0.3) is 0 Å². The fourth-order valence-corrected chi connectivity index (χ4v) is 5.16. The zero-order valence-corrected chi connectivity index (χ0v) is 25.4. The molecule has 0 fully saturated rings. The van der Waals surface area contributed by atoms with Gasteiger partial charge in [0.05, 0.1) is 61.6 Å². The average Bonchev–Trinajstić information content (AvgIpc) is 2.92. The van der Waals surface area contributed by atoms with Crippen molar-refractivity contribution < 1.29 is 62.0 Å². The minimum absolute atomic E-state index is 0. The van der Waals surface area contributed by atoms with Crippen molar-refractivity contribution in [2.24, 2.45) is 0 Å². The van der Waals surface area contributed by atoms with Crippen molar-refractivity contribution in [3.05, 3.63) is 47.0 Å². The predicted molar refractivity (Wildman–Crippen MR) is 142 cm³/mol. The van der Waals surface area contributed by atoms with Crippen LogP contribution in [0, 0.1) is 0 Å². The molecule has 0 bridgehead atoms. The summed E-state index contributed by atoms with van der Waals surface area (Å²) in [6.45, 7) is 2.13. The third-order valence-electron chi connectivity index (χ3n) is 7.42. The molecule has 0 saturated carbocycles. The average molecular weight is 644 g/mol. The van der Waals surface area contributed by atoms with E-state index < -0.39 is 0 Å². The Hall–Kier alpha value is -2.24. The highest BCUT2D eigenvalue weighted by Crippen LogP contribution is 2.43.